The lowest BCUT2D eigenvalue weighted by atomic mass is 9.97. The molecule has 0 unspecified atom stereocenters. The largest absolute Gasteiger partial charge is 0.481 e. The van der Waals surface area contributed by atoms with E-state index >= 15 is 0 Å². The minimum absolute atomic E-state index is 0.198. The first-order valence-electron chi connectivity index (χ1n) is 8.03. The summed E-state index contributed by atoms with van der Waals surface area (Å²) in [4.78, 5) is 0. The van der Waals surface area contributed by atoms with Crippen LogP contribution in [0.1, 0.15) is 47.0 Å². The second kappa shape index (κ2) is 6.72. The molecule has 174 valence electrons. The van der Waals surface area contributed by atoms with E-state index in [1.807, 2.05) is 0 Å². The maximum Gasteiger partial charge on any atom is 0.481 e. The van der Waals surface area contributed by atoms with Crippen molar-refractivity contribution in [3.8, 4) is 0 Å². The van der Waals surface area contributed by atoms with Crippen molar-refractivity contribution in [2.24, 2.45) is 0 Å². The van der Waals surface area contributed by atoms with E-state index in [2.05, 4.69) is 0 Å². The van der Waals surface area contributed by atoms with Crippen LogP contribution in [-0.4, -0.2) is 44.6 Å². The van der Waals surface area contributed by atoms with Crippen LogP contribution in [-0.2, 0) is 10.9 Å². The molecule has 1 aliphatic heterocycles. The summed E-state index contributed by atoms with van der Waals surface area (Å²) in [6, 6.07) is 0. The highest BCUT2D eigenvalue weighted by atomic mass is 32.2. The summed E-state index contributed by atoms with van der Waals surface area (Å²) in [5.41, 5.74) is 0. The van der Waals surface area contributed by atoms with Crippen LogP contribution in [0.3, 0.4) is 0 Å². The highest BCUT2D eigenvalue weighted by Crippen LogP contribution is 2.64. The first kappa shape index (κ1) is 26.5. The Morgan fingerprint density at radius 1 is 0.517 bits per heavy atom. The first-order chi connectivity index (χ1) is 12.3. The molecule has 1 rings (SSSR count). The van der Waals surface area contributed by atoms with Gasteiger partial charge in [-0.1, -0.05) is 0 Å². The molecule has 14 heteroatoms. The van der Waals surface area contributed by atoms with Crippen molar-refractivity contribution < 1.29 is 57.1 Å². The molecule has 1 saturated heterocycles. The molecule has 0 saturated carbocycles. The fourth-order valence-corrected chi connectivity index (χ4v) is 7.43. The summed E-state index contributed by atoms with van der Waals surface area (Å²) in [6.07, 6.45) is -7.60. The second-order valence-electron chi connectivity index (χ2n) is 7.99. The summed E-state index contributed by atoms with van der Waals surface area (Å²) in [7, 11) is -3.10. The van der Waals surface area contributed by atoms with Gasteiger partial charge in [-0.15, -0.1) is 8.78 Å². The zero-order valence-corrected chi connectivity index (χ0v) is 16.3. The van der Waals surface area contributed by atoms with E-state index < -0.39 is 55.5 Å². The number of alkyl halides is 13. The maximum atomic E-state index is 14.7. The van der Waals surface area contributed by atoms with Crippen molar-refractivity contribution in [1.82, 2.24) is 0 Å². The Hall–Kier alpha value is -0.560. The van der Waals surface area contributed by atoms with Gasteiger partial charge in [0.1, 0.15) is 9.49 Å². The van der Waals surface area contributed by atoms with Crippen LogP contribution in [0.4, 0.5) is 57.1 Å². The molecule has 0 radical (unpaired) electrons. The van der Waals surface area contributed by atoms with E-state index in [0.717, 1.165) is 27.7 Å². The van der Waals surface area contributed by atoms with Crippen LogP contribution in [0, 0.1) is 0 Å². The third-order valence-electron chi connectivity index (χ3n) is 4.82. The Bertz CT molecular complexity index is 602. The van der Waals surface area contributed by atoms with Crippen molar-refractivity contribution in [3.05, 3.63) is 0 Å². The van der Waals surface area contributed by atoms with Gasteiger partial charge >= 0.3 is 35.1 Å². The number of hydrogen-bond donors (Lipinski definition) is 0. The Labute approximate surface area is 160 Å². The monoisotopic (exact) mass is 477 g/mol. The third kappa shape index (κ3) is 3.58. The minimum Gasteiger partial charge on any atom is -0.192 e. The van der Waals surface area contributed by atoms with Crippen LogP contribution in [0.15, 0.2) is 0 Å². The van der Waals surface area contributed by atoms with E-state index in [1.165, 1.54) is 0 Å². The SMILES string of the molecule is CC1(C)CCCC(C)(C)[S+]1C(F)(F)C(F)(F)C(F)(F)C(F)(F)C(F)(F)C(F)(F)F. The third-order valence-corrected chi connectivity index (χ3v) is 8.21. The molecule has 0 aliphatic carbocycles. The van der Waals surface area contributed by atoms with E-state index in [0.29, 0.717) is 0 Å². The highest BCUT2D eigenvalue weighted by molar-refractivity contribution is 8.00. The van der Waals surface area contributed by atoms with Crippen LogP contribution >= 0.6 is 0 Å². The van der Waals surface area contributed by atoms with Gasteiger partial charge in [0.15, 0.2) is 0 Å². The van der Waals surface area contributed by atoms with Crippen LogP contribution in [0.2, 0.25) is 0 Å². The van der Waals surface area contributed by atoms with Gasteiger partial charge in [0.2, 0.25) is 0 Å². The van der Waals surface area contributed by atoms with Crippen molar-refractivity contribution in [1.29, 1.82) is 0 Å². The van der Waals surface area contributed by atoms with Crippen molar-refractivity contribution >= 4 is 10.9 Å². The Kier molecular flexibility index (Phi) is 6.13. The minimum atomic E-state index is -7.85. The first-order valence-corrected chi connectivity index (χ1v) is 9.25. The second-order valence-corrected chi connectivity index (χ2v) is 11.3. The van der Waals surface area contributed by atoms with Crippen molar-refractivity contribution in [2.45, 2.75) is 91.6 Å². The zero-order chi connectivity index (χ0) is 23.7. The number of rotatable bonds is 5. The Balaban J connectivity index is 3.66. The van der Waals surface area contributed by atoms with Gasteiger partial charge in [0.05, 0.1) is 10.9 Å². The molecular weight excluding hydrogens is 459 g/mol. The molecule has 0 atom stereocenters. The van der Waals surface area contributed by atoms with Crippen LogP contribution in [0.5, 0.6) is 0 Å². The average molecular weight is 477 g/mol. The molecule has 0 N–H and O–H groups in total. The van der Waals surface area contributed by atoms with E-state index in [1.54, 1.807) is 0 Å². The van der Waals surface area contributed by atoms with Crippen molar-refractivity contribution in [3.63, 3.8) is 0 Å². The van der Waals surface area contributed by atoms with Gasteiger partial charge in [-0.2, -0.15) is 48.3 Å². The lowest BCUT2D eigenvalue weighted by molar-refractivity contribution is -0.433. The molecular formula is C15H18F13S+. The molecule has 1 fully saturated rings. The van der Waals surface area contributed by atoms with Crippen molar-refractivity contribution in [2.75, 3.05) is 0 Å². The van der Waals surface area contributed by atoms with Crippen LogP contribution < -0.4 is 0 Å². The van der Waals surface area contributed by atoms with E-state index in [9.17, 15) is 57.1 Å². The molecule has 1 heterocycles. The standard InChI is InChI=1S/C15H18F13S/c1-8(2)6-5-7-9(3,4)29(8)15(27,28)13(22,23)11(18,19)10(16,17)12(20,21)14(24,25)26/h5-7H2,1-4H3/q+1. The lowest BCUT2D eigenvalue weighted by Crippen LogP contribution is -2.73. The molecule has 0 bridgehead atoms. The molecule has 1 aliphatic rings. The molecule has 0 spiro atoms. The summed E-state index contributed by atoms with van der Waals surface area (Å²) in [5.74, 6) is -30.5. The Morgan fingerprint density at radius 2 is 0.828 bits per heavy atom. The lowest BCUT2D eigenvalue weighted by Gasteiger charge is -2.46. The molecule has 0 aromatic heterocycles. The summed E-state index contributed by atoms with van der Waals surface area (Å²) in [6.45, 7) is 3.95. The molecule has 0 aromatic carbocycles. The average Bonchev–Trinajstić information content (AvgIpc) is 2.42. The van der Waals surface area contributed by atoms with Crippen LogP contribution in [0.25, 0.3) is 0 Å². The van der Waals surface area contributed by atoms with E-state index in [4.69, 9.17) is 0 Å². The smallest absolute Gasteiger partial charge is 0.192 e. The summed E-state index contributed by atoms with van der Waals surface area (Å²) < 4.78 is 171. The fraction of sp³-hybridized carbons (Fsp3) is 1.00. The van der Waals surface area contributed by atoms with E-state index in [-0.39, 0.29) is 19.3 Å². The molecule has 0 nitrogen and oxygen atoms in total. The van der Waals surface area contributed by atoms with Gasteiger partial charge in [-0.05, 0) is 47.0 Å². The molecule has 0 aromatic rings. The maximum absolute atomic E-state index is 14.7. The summed E-state index contributed by atoms with van der Waals surface area (Å²) in [5, 5.41) is -6.02. The number of hydrogen-bond acceptors (Lipinski definition) is 0. The Morgan fingerprint density at radius 3 is 1.14 bits per heavy atom. The number of halogens is 13. The van der Waals surface area contributed by atoms with Gasteiger partial charge in [-0.3, -0.25) is 0 Å². The predicted octanol–water partition coefficient (Wildman–Crippen LogP) is 7.04. The predicted molar refractivity (Wildman–Crippen MR) is 80.2 cm³/mol. The normalized spacial score (nSPS) is 22.7. The topological polar surface area (TPSA) is 0 Å². The molecule has 0 amide bonds. The highest BCUT2D eigenvalue weighted by Gasteiger charge is 2.95. The molecule has 29 heavy (non-hydrogen) atoms. The van der Waals surface area contributed by atoms with Gasteiger partial charge in [-0.25, -0.2) is 0 Å². The van der Waals surface area contributed by atoms with Gasteiger partial charge < -0.3 is 0 Å². The fourth-order valence-electron chi connectivity index (χ4n) is 3.47. The summed E-state index contributed by atoms with van der Waals surface area (Å²) >= 11 is 0. The van der Waals surface area contributed by atoms with Gasteiger partial charge in [0, 0.05) is 0 Å². The zero-order valence-electron chi connectivity index (χ0n) is 15.4. The quantitative estimate of drug-likeness (QED) is 0.294. The van der Waals surface area contributed by atoms with Gasteiger partial charge in [0.25, 0.3) is 0 Å².